The molecule has 4 aromatic rings. The van der Waals surface area contributed by atoms with Crippen LogP contribution in [-0.4, -0.2) is 11.9 Å². The van der Waals surface area contributed by atoms with E-state index in [1.54, 1.807) is 24.3 Å². The molecule has 1 amide bonds. The summed E-state index contributed by atoms with van der Waals surface area (Å²) < 4.78 is 7.72. The lowest BCUT2D eigenvalue weighted by atomic mass is 10.0. The van der Waals surface area contributed by atoms with Crippen molar-refractivity contribution >= 4 is 33.7 Å². The van der Waals surface area contributed by atoms with Crippen molar-refractivity contribution in [3.05, 3.63) is 83.9 Å². The lowest BCUT2D eigenvalue weighted by Crippen LogP contribution is -2.38. The fourth-order valence-corrected chi connectivity index (χ4v) is 3.59. The topological polar surface area (TPSA) is 111 Å². The van der Waals surface area contributed by atoms with Crippen molar-refractivity contribution in [2.45, 2.75) is 6.04 Å². The van der Waals surface area contributed by atoms with E-state index in [-0.39, 0.29) is 0 Å². The summed E-state index contributed by atoms with van der Waals surface area (Å²) in [6.07, 6.45) is 0. The molecular weight excluding hydrogens is 380 g/mol. The Morgan fingerprint density at radius 1 is 0.900 bits per heavy atom. The normalized spacial score (nSPS) is 12.0. The number of nitrogens with one attached hydrogen (secondary N) is 1. The van der Waals surface area contributed by atoms with Crippen LogP contribution in [0.5, 0.6) is 5.75 Å². The Labute approximate surface area is 172 Å². The molecule has 0 spiro atoms. The molecular formula is C23H21N4O3+. The molecule has 0 saturated carbocycles. The Morgan fingerprint density at radius 3 is 1.97 bits per heavy atom. The van der Waals surface area contributed by atoms with E-state index in [0.29, 0.717) is 16.9 Å². The standard InChI is InChI=1S/C23H20N4O3/c1-27-18-8-4-2-6-16(18)20(17-7-3-5-9-19(17)27)23(29)30-15-12-10-14(11-13-15)21(24)22(28)26-25/h2-13,21,25,29H,24H2,1H3/p+1. The SMILES string of the molecule is C[n+]1c2ccccc2c(C(=O)Oc2ccc(C(N)C(=O)NN)cc2)c2ccccc21. The van der Waals surface area contributed by atoms with Crippen LogP contribution in [0.15, 0.2) is 72.8 Å². The highest BCUT2D eigenvalue weighted by Gasteiger charge is 2.23. The number of hydrogen-bond donors (Lipinski definition) is 3. The highest BCUT2D eigenvalue weighted by molar-refractivity contribution is 6.13. The first-order valence-corrected chi connectivity index (χ1v) is 9.39. The summed E-state index contributed by atoms with van der Waals surface area (Å²) in [6.45, 7) is 0. The molecule has 30 heavy (non-hydrogen) atoms. The zero-order valence-electron chi connectivity index (χ0n) is 16.3. The predicted octanol–water partition coefficient (Wildman–Crippen LogP) is 2.03. The number of para-hydroxylation sites is 2. The summed E-state index contributed by atoms with van der Waals surface area (Å²) >= 11 is 0. The lowest BCUT2D eigenvalue weighted by Gasteiger charge is -2.12. The van der Waals surface area contributed by atoms with Crippen LogP contribution < -0.4 is 26.3 Å². The Balaban J connectivity index is 1.73. The molecule has 0 bridgehead atoms. The number of hydrogen-bond acceptors (Lipinski definition) is 5. The van der Waals surface area contributed by atoms with E-state index in [4.69, 9.17) is 16.3 Å². The number of nitrogens with two attached hydrogens (primary N) is 2. The zero-order chi connectivity index (χ0) is 21.3. The first-order valence-electron chi connectivity index (χ1n) is 9.39. The Kier molecular flexibility index (Phi) is 5.14. The Morgan fingerprint density at radius 2 is 1.43 bits per heavy atom. The van der Waals surface area contributed by atoms with Crippen LogP contribution in [0.3, 0.4) is 0 Å². The minimum Gasteiger partial charge on any atom is -0.423 e. The van der Waals surface area contributed by atoms with Gasteiger partial charge in [-0.15, -0.1) is 0 Å². The molecule has 1 atom stereocenters. The number of hydrazine groups is 1. The summed E-state index contributed by atoms with van der Waals surface area (Å²) in [5.74, 6) is 4.51. The highest BCUT2D eigenvalue weighted by atomic mass is 16.5. The molecule has 0 aliphatic rings. The van der Waals surface area contributed by atoms with Gasteiger partial charge in [-0.25, -0.2) is 10.6 Å². The van der Waals surface area contributed by atoms with Gasteiger partial charge in [0.05, 0.1) is 16.3 Å². The van der Waals surface area contributed by atoms with Crippen molar-refractivity contribution in [3.8, 4) is 5.75 Å². The summed E-state index contributed by atoms with van der Waals surface area (Å²) in [7, 11) is 1.97. The number of rotatable bonds is 4. The summed E-state index contributed by atoms with van der Waals surface area (Å²) in [5.41, 5.74) is 10.8. The first-order chi connectivity index (χ1) is 14.5. The van der Waals surface area contributed by atoms with Crippen LogP contribution in [0.25, 0.3) is 21.8 Å². The molecule has 1 heterocycles. The molecule has 0 radical (unpaired) electrons. The van der Waals surface area contributed by atoms with Crippen molar-refractivity contribution < 1.29 is 18.9 Å². The molecule has 3 aromatic carbocycles. The van der Waals surface area contributed by atoms with Gasteiger partial charge in [-0.05, 0) is 29.8 Å². The van der Waals surface area contributed by atoms with Gasteiger partial charge in [0.1, 0.15) is 18.8 Å². The predicted molar refractivity (Wildman–Crippen MR) is 113 cm³/mol. The number of aromatic nitrogens is 1. The van der Waals surface area contributed by atoms with E-state index < -0.39 is 17.9 Å². The van der Waals surface area contributed by atoms with E-state index in [2.05, 4.69) is 4.57 Å². The Bertz CT molecular complexity index is 1210. The minimum atomic E-state index is -0.901. The van der Waals surface area contributed by atoms with Crippen LogP contribution in [0.1, 0.15) is 22.0 Å². The number of carbonyl (C=O) groups is 2. The molecule has 7 heteroatoms. The van der Waals surface area contributed by atoms with Crippen LogP contribution >= 0.6 is 0 Å². The largest absolute Gasteiger partial charge is 0.423 e. The molecule has 5 N–H and O–H groups in total. The van der Waals surface area contributed by atoms with Crippen molar-refractivity contribution in [2.24, 2.45) is 18.6 Å². The maximum Gasteiger partial charge on any atom is 0.345 e. The quantitative estimate of drug-likeness (QED) is 0.0922. The highest BCUT2D eigenvalue weighted by Crippen LogP contribution is 2.26. The van der Waals surface area contributed by atoms with Crippen molar-refractivity contribution in [1.29, 1.82) is 0 Å². The van der Waals surface area contributed by atoms with Gasteiger partial charge in [0, 0.05) is 12.1 Å². The molecule has 0 aliphatic carbocycles. The van der Waals surface area contributed by atoms with E-state index in [1.165, 1.54) is 0 Å². The van der Waals surface area contributed by atoms with Crippen molar-refractivity contribution in [2.75, 3.05) is 0 Å². The number of ether oxygens (including phenoxy) is 1. The smallest absolute Gasteiger partial charge is 0.345 e. The first kappa shape index (κ1) is 19.5. The third kappa shape index (κ3) is 3.36. The van der Waals surface area contributed by atoms with Crippen molar-refractivity contribution in [1.82, 2.24) is 5.43 Å². The lowest BCUT2D eigenvalue weighted by molar-refractivity contribution is -0.617. The number of fused-ring (bicyclic) bond motifs is 2. The van der Waals surface area contributed by atoms with Gasteiger partial charge < -0.3 is 10.5 Å². The maximum atomic E-state index is 13.2. The third-order valence-corrected chi connectivity index (χ3v) is 5.15. The number of esters is 1. The van der Waals surface area contributed by atoms with Gasteiger partial charge in [-0.3, -0.25) is 10.2 Å². The second-order valence-corrected chi connectivity index (χ2v) is 6.91. The fraction of sp³-hybridized carbons (Fsp3) is 0.0870. The number of nitrogens with zero attached hydrogens (tertiary/aromatic N) is 1. The molecule has 1 aromatic heterocycles. The number of carbonyl (C=O) groups excluding carboxylic acids is 2. The van der Waals surface area contributed by atoms with E-state index >= 15 is 0 Å². The van der Waals surface area contributed by atoms with Gasteiger partial charge in [-0.2, -0.15) is 4.57 Å². The number of benzene rings is 3. The van der Waals surface area contributed by atoms with Crippen LogP contribution in [0, 0.1) is 0 Å². The average Bonchev–Trinajstić information content (AvgIpc) is 2.79. The number of aryl methyl sites for hydroxylation is 1. The fourth-order valence-electron chi connectivity index (χ4n) is 3.59. The summed E-state index contributed by atoms with van der Waals surface area (Å²) in [5, 5.41) is 1.61. The molecule has 7 nitrogen and oxygen atoms in total. The second kappa shape index (κ2) is 7.90. The van der Waals surface area contributed by atoms with Gasteiger partial charge in [-0.1, -0.05) is 36.4 Å². The monoisotopic (exact) mass is 401 g/mol. The minimum absolute atomic E-state index is 0.352. The van der Waals surface area contributed by atoms with E-state index in [1.807, 2.05) is 61.0 Å². The Hall–Kier alpha value is -3.81. The van der Waals surface area contributed by atoms with Gasteiger partial charge in [0.25, 0.3) is 5.91 Å². The van der Waals surface area contributed by atoms with E-state index in [9.17, 15) is 9.59 Å². The zero-order valence-corrected chi connectivity index (χ0v) is 16.3. The van der Waals surface area contributed by atoms with Crippen molar-refractivity contribution in [3.63, 3.8) is 0 Å². The molecule has 4 rings (SSSR count). The van der Waals surface area contributed by atoms with E-state index in [0.717, 1.165) is 21.8 Å². The average molecular weight is 401 g/mol. The number of amides is 1. The van der Waals surface area contributed by atoms with Gasteiger partial charge >= 0.3 is 5.97 Å². The summed E-state index contributed by atoms with van der Waals surface area (Å²) in [4.78, 5) is 24.8. The maximum absolute atomic E-state index is 13.2. The van der Waals surface area contributed by atoms with Crippen LogP contribution in [-0.2, 0) is 11.8 Å². The van der Waals surface area contributed by atoms with Gasteiger partial charge in [0.2, 0.25) is 11.0 Å². The third-order valence-electron chi connectivity index (χ3n) is 5.15. The summed E-state index contributed by atoms with van der Waals surface area (Å²) in [6, 6.07) is 21.0. The number of pyridine rings is 1. The van der Waals surface area contributed by atoms with Gasteiger partial charge in [0.15, 0.2) is 0 Å². The second-order valence-electron chi connectivity index (χ2n) is 6.91. The van der Waals surface area contributed by atoms with Crippen LogP contribution in [0.2, 0.25) is 0 Å². The molecule has 0 fully saturated rings. The van der Waals surface area contributed by atoms with Crippen LogP contribution in [0.4, 0.5) is 0 Å². The molecule has 0 aliphatic heterocycles. The molecule has 150 valence electrons. The molecule has 0 saturated heterocycles. The molecule has 1 unspecified atom stereocenters.